The lowest BCUT2D eigenvalue weighted by Crippen LogP contribution is -2.49. The van der Waals surface area contributed by atoms with Crippen LogP contribution in [0.25, 0.3) is 0 Å². The van der Waals surface area contributed by atoms with Crippen molar-refractivity contribution in [3.63, 3.8) is 0 Å². The van der Waals surface area contributed by atoms with Crippen molar-refractivity contribution in [3.8, 4) is 0 Å². The van der Waals surface area contributed by atoms with Gasteiger partial charge in [-0.3, -0.25) is 9.59 Å². The van der Waals surface area contributed by atoms with Gasteiger partial charge in [-0.2, -0.15) is 4.31 Å². The molecule has 0 saturated carbocycles. The van der Waals surface area contributed by atoms with Crippen LogP contribution in [0.1, 0.15) is 23.2 Å². The number of likely N-dealkylation sites (tertiary alicyclic amines) is 1. The van der Waals surface area contributed by atoms with Gasteiger partial charge in [-0.1, -0.05) is 6.07 Å². The fourth-order valence-electron chi connectivity index (χ4n) is 3.97. The highest BCUT2D eigenvalue weighted by atomic mass is 32.2. The zero-order chi connectivity index (χ0) is 20.4. The third kappa shape index (κ3) is 4.30. The lowest BCUT2D eigenvalue weighted by molar-refractivity contribution is -0.122. The standard InChI is InChI=1S/C19H25N3O6S/c23-17-13-22(9-6-20-17)29(25,26)16-3-1-2-15(12-16)18(24)21-7-4-14(5-8-21)19-27-10-11-28-19/h1-3,12,14,19H,4-11,13H2,(H,20,23). The third-order valence-corrected chi connectivity index (χ3v) is 7.42. The van der Waals surface area contributed by atoms with Crippen LogP contribution >= 0.6 is 0 Å². The van der Waals surface area contributed by atoms with Crippen molar-refractivity contribution in [2.24, 2.45) is 5.92 Å². The molecule has 0 unspecified atom stereocenters. The van der Waals surface area contributed by atoms with Crippen molar-refractivity contribution in [3.05, 3.63) is 29.8 Å². The zero-order valence-corrected chi connectivity index (χ0v) is 16.9. The van der Waals surface area contributed by atoms with Crippen LogP contribution in [0, 0.1) is 5.92 Å². The summed E-state index contributed by atoms with van der Waals surface area (Å²) in [5.41, 5.74) is 0.333. The summed E-state index contributed by atoms with van der Waals surface area (Å²) in [7, 11) is -3.83. The molecule has 3 heterocycles. The van der Waals surface area contributed by atoms with Gasteiger partial charge in [0.15, 0.2) is 6.29 Å². The highest BCUT2D eigenvalue weighted by Crippen LogP contribution is 2.27. The number of ether oxygens (including phenoxy) is 2. The molecule has 29 heavy (non-hydrogen) atoms. The topological polar surface area (TPSA) is 105 Å². The Morgan fingerprint density at radius 3 is 2.52 bits per heavy atom. The molecule has 9 nitrogen and oxygen atoms in total. The first-order valence-electron chi connectivity index (χ1n) is 9.84. The van der Waals surface area contributed by atoms with Crippen molar-refractivity contribution in [1.82, 2.24) is 14.5 Å². The maximum atomic E-state index is 12.9. The van der Waals surface area contributed by atoms with Crippen molar-refractivity contribution in [2.45, 2.75) is 24.0 Å². The average Bonchev–Trinajstić information content (AvgIpc) is 3.28. The quantitative estimate of drug-likeness (QED) is 0.733. The summed E-state index contributed by atoms with van der Waals surface area (Å²) in [6.45, 7) is 2.67. The largest absolute Gasteiger partial charge is 0.354 e. The van der Waals surface area contributed by atoms with E-state index >= 15 is 0 Å². The van der Waals surface area contributed by atoms with Crippen molar-refractivity contribution < 1.29 is 27.5 Å². The number of benzene rings is 1. The van der Waals surface area contributed by atoms with E-state index in [2.05, 4.69) is 5.32 Å². The molecular formula is C19H25N3O6S. The smallest absolute Gasteiger partial charge is 0.253 e. The summed E-state index contributed by atoms with van der Waals surface area (Å²) in [5, 5.41) is 2.61. The number of piperidine rings is 1. The fourth-order valence-corrected chi connectivity index (χ4v) is 5.41. The van der Waals surface area contributed by atoms with E-state index in [-0.39, 0.29) is 48.6 Å². The van der Waals surface area contributed by atoms with E-state index in [4.69, 9.17) is 9.47 Å². The molecule has 0 aromatic heterocycles. The predicted molar refractivity (Wildman–Crippen MR) is 103 cm³/mol. The number of rotatable bonds is 4. The van der Waals surface area contributed by atoms with Crippen molar-refractivity contribution in [2.75, 3.05) is 45.9 Å². The Morgan fingerprint density at radius 2 is 1.83 bits per heavy atom. The van der Waals surface area contributed by atoms with E-state index in [1.54, 1.807) is 17.0 Å². The molecule has 3 aliphatic rings. The Bertz CT molecular complexity index is 876. The maximum Gasteiger partial charge on any atom is 0.253 e. The monoisotopic (exact) mass is 423 g/mol. The van der Waals surface area contributed by atoms with E-state index in [0.717, 1.165) is 17.1 Å². The van der Waals surface area contributed by atoms with Crippen LogP contribution in [0.2, 0.25) is 0 Å². The second kappa shape index (κ2) is 8.39. The summed E-state index contributed by atoms with van der Waals surface area (Å²) >= 11 is 0. The van der Waals surface area contributed by atoms with E-state index in [0.29, 0.717) is 31.9 Å². The van der Waals surface area contributed by atoms with Crippen LogP contribution in [0.15, 0.2) is 29.2 Å². The highest BCUT2D eigenvalue weighted by Gasteiger charge is 2.33. The third-order valence-electron chi connectivity index (χ3n) is 5.58. The number of carbonyl (C=O) groups excluding carboxylic acids is 2. The molecule has 158 valence electrons. The number of piperazine rings is 1. The lowest BCUT2D eigenvalue weighted by Gasteiger charge is -2.34. The van der Waals surface area contributed by atoms with Gasteiger partial charge in [-0.15, -0.1) is 0 Å². The minimum atomic E-state index is -3.83. The maximum absolute atomic E-state index is 12.9. The van der Waals surface area contributed by atoms with Crippen molar-refractivity contribution >= 4 is 21.8 Å². The van der Waals surface area contributed by atoms with Gasteiger partial charge < -0.3 is 19.7 Å². The Balaban J connectivity index is 1.44. The lowest BCUT2D eigenvalue weighted by atomic mass is 9.95. The zero-order valence-electron chi connectivity index (χ0n) is 16.1. The second-order valence-electron chi connectivity index (χ2n) is 7.46. The molecule has 1 aromatic rings. The van der Waals surface area contributed by atoms with Crippen LogP contribution in [0.5, 0.6) is 0 Å². The normalized spacial score (nSPS) is 22.6. The minimum Gasteiger partial charge on any atom is -0.354 e. The van der Waals surface area contributed by atoms with E-state index < -0.39 is 10.0 Å². The van der Waals surface area contributed by atoms with Crippen LogP contribution in [-0.4, -0.2) is 81.7 Å². The van der Waals surface area contributed by atoms with Gasteiger partial charge in [0.25, 0.3) is 5.91 Å². The number of hydrogen-bond acceptors (Lipinski definition) is 6. The Morgan fingerprint density at radius 1 is 1.10 bits per heavy atom. The molecule has 0 spiro atoms. The predicted octanol–water partition coefficient (Wildman–Crippen LogP) is 0.0322. The SMILES string of the molecule is O=C1CN(S(=O)(=O)c2cccc(C(=O)N3CCC(C4OCCO4)CC3)c2)CCN1. The number of sulfonamides is 1. The van der Waals surface area contributed by atoms with Crippen LogP contribution in [0.3, 0.4) is 0 Å². The van der Waals surface area contributed by atoms with Crippen LogP contribution in [0.4, 0.5) is 0 Å². The number of amides is 2. The molecular weight excluding hydrogens is 398 g/mol. The molecule has 1 N–H and O–H groups in total. The fraction of sp³-hybridized carbons (Fsp3) is 0.579. The molecule has 2 amide bonds. The Kier molecular flexibility index (Phi) is 5.86. The molecule has 10 heteroatoms. The Hall–Kier alpha value is -2.01. The second-order valence-corrected chi connectivity index (χ2v) is 9.39. The molecule has 3 fully saturated rings. The summed E-state index contributed by atoms with van der Waals surface area (Å²) < 4.78 is 38.0. The van der Waals surface area contributed by atoms with Gasteiger partial charge in [0.2, 0.25) is 15.9 Å². The summed E-state index contributed by atoms with van der Waals surface area (Å²) in [6, 6.07) is 6.05. The molecule has 3 saturated heterocycles. The summed E-state index contributed by atoms with van der Waals surface area (Å²) in [6.07, 6.45) is 1.40. The van der Waals surface area contributed by atoms with Crippen LogP contribution in [-0.2, 0) is 24.3 Å². The first-order valence-corrected chi connectivity index (χ1v) is 11.3. The summed E-state index contributed by atoms with van der Waals surface area (Å²) in [5.74, 6) is -0.242. The molecule has 0 atom stereocenters. The van der Waals surface area contributed by atoms with Gasteiger partial charge in [-0.25, -0.2) is 8.42 Å². The molecule has 0 aliphatic carbocycles. The van der Waals surface area contributed by atoms with Gasteiger partial charge >= 0.3 is 0 Å². The highest BCUT2D eigenvalue weighted by molar-refractivity contribution is 7.89. The van der Waals surface area contributed by atoms with E-state index in [1.807, 2.05) is 0 Å². The van der Waals surface area contributed by atoms with Gasteiger partial charge in [0, 0.05) is 37.7 Å². The number of nitrogens with zero attached hydrogens (tertiary/aromatic N) is 2. The molecule has 3 aliphatic heterocycles. The first kappa shape index (κ1) is 20.3. The van der Waals surface area contributed by atoms with Gasteiger partial charge in [0.05, 0.1) is 24.7 Å². The Labute approximate surface area is 170 Å². The molecule has 0 bridgehead atoms. The van der Waals surface area contributed by atoms with Gasteiger partial charge in [0.1, 0.15) is 0 Å². The first-order chi connectivity index (χ1) is 13.9. The summed E-state index contributed by atoms with van der Waals surface area (Å²) in [4.78, 5) is 26.3. The minimum absolute atomic E-state index is 0.0284. The van der Waals surface area contributed by atoms with E-state index in [1.165, 1.54) is 12.1 Å². The number of nitrogens with one attached hydrogen (secondary N) is 1. The molecule has 1 aromatic carbocycles. The molecule has 0 radical (unpaired) electrons. The number of hydrogen-bond donors (Lipinski definition) is 1. The van der Waals surface area contributed by atoms with E-state index in [9.17, 15) is 18.0 Å². The molecule has 4 rings (SSSR count). The average molecular weight is 423 g/mol. The number of carbonyl (C=O) groups is 2. The van der Waals surface area contributed by atoms with Crippen LogP contribution < -0.4 is 5.32 Å². The van der Waals surface area contributed by atoms with Crippen molar-refractivity contribution in [1.29, 1.82) is 0 Å². The van der Waals surface area contributed by atoms with Gasteiger partial charge in [-0.05, 0) is 31.0 Å².